The fourth-order valence-electron chi connectivity index (χ4n) is 3.75. The number of fused-ring (bicyclic) bond motifs is 1. The van der Waals surface area contributed by atoms with Crippen molar-refractivity contribution >= 4 is 17.5 Å². The van der Waals surface area contributed by atoms with Crippen molar-refractivity contribution in [1.29, 1.82) is 0 Å². The van der Waals surface area contributed by atoms with Crippen LogP contribution in [0.1, 0.15) is 36.8 Å². The van der Waals surface area contributed by atoms with Crippen molar-refractivity contribution in [3.05, 3.63) is 58.6 Å². The summed E-state index contributed by atoms with van der Waals surface area (Å²) in [5, 5.41) is 0.689. The maximum Gasteiger partial charge on any atom is 0.231 e. The van der Waals surface area contributed by atoms with Crippen LogP contribution in [0.3, 0.4) is 0 Å². The van der Waals surface area contributed by atoms with Gasteiger partial charge in [-0.25, -0.2) is 0 Å². The van der Waals surface area contributed by atoms with E-state index in [1.807, 2.05) is 47.4 Å². The fourth-order valence-corrected chi connectivity index (χ4v) is 3.88. The number of benzene rings is 2. The minimum Gasteiger partial charge on any atom is -0.454 e. The maximum atomic E-state index is 13.1. The number of carbonyl (C=O) groups excluding carboxylic acids is 1. The molecule has 4 nitrogen and oxygen atoms in total. The van der Waals surface area contributed by atoms with Gasteiger partial charge in [0, 0.05) is 17.6 Å². The highest BCUT2D eigenvalue weighted by atomic mass is 35.5. The Hall–Kier alpha value is -2.20. The van der Waals surface area contributed by atoms with E-state index in [-0.39, 0.29) is 12.7 Å². The number of amides is 1. The van der Waals surface area contributed by atoms with Crippen LogP contribution < -0.4 is 9.47 Å². The molecule has 4 rings (SSSR count). The van der Waals surface area contributed by atoms with Gasteiger partial charge in [0.15, 0.2) is 11.5 Å². The van der Waals surface area contributed by atoms with Crippen molar-refractivity contribution < 1.29 is 14.3 Å². The molecule has 1 amide bonds. The smallest absolute Gasteiger partial charge is 0.231 e. The molecule has 2 aliphatic rings. The molecule has 2 aromatic carbocycles. The van der Waals surface area contributed by atoms with E-state index in [2.05, 4.69) is 0 Å². The second kappa shape index (κ2) is 7.58. The Labute approximate surface area is 158 Å². The van der Waals surface area contributed by atoms with Gasteiger partial charge in [-0.2, -0.15) is 0 Å². The first-order valence-corrected chi connectivity index (χ1v) is 9.49. The molecule has 1 aliphatic heterocycles. The minimum absolute atomic E-state index is 0.164. The molecule has 1 heterocycles. The predicted octanol–water partition coefficient (Wildman–Crippen LogP) is 4.58. The zero-order valence-electron chi connectivity index (χ0n) is 14.6. The SMILES string of the molecule is O=C(Cc1ccc(Cl)cc1)N(Cc1ccc2c(c1)OCO2)C1CCCC1. The van der Waals surface area contributed by atoms with Crippen LogP contribution in [0.4, 0.5) is 0 Å². The molecule has 0 saturated heterocycles. The lowest BCUT2D eigenvalue weighted by Crippen LogP contribution is -2.39. The van der Waals surface area contributed by atoms with Gasteiger partial charge in [-0.15, -0.1) is 0 Å². The van der Waals surface area contributed by atoms with Gasteiger partial charge in [0.2, 0.25) is 12.7 Å². The highest BCUT2D eigenvalue weighted by molar-refractivity contribution is 6.30. The molecule has 136 valence electrons. The highest BCUT2D eigenvalue weighted by Crippen LogP contribution is 2.34. The molecular formula is C21H22ClNO3. The van der Waals surface area contributed by atoms with Crippen LogP contribution in [-0.4, -0.2) is 23.6 Å². The van der Waals surface area contributed by atoms with E-state index in [0.29, 0.717) is 24.0 Å². The first kappa shape index (κ1) is 17.2. The Balaban J connectivity index is 1.52. The lowest BCUT2D eigenvalue weighted by atomic mass is 10.1. The summed E-state index contributed by atoms with van der Waals surface area (Å²) < 4.78 is 10.9. The van der Waals surface area contributed by atoms with Crippen LogP contribution in [0.25, 0.3) is 0 Å². The Kier molecular flexibility index (Phi) is 5.02. The molecule has 1 aliphatic carbocycles. The zero-order valence-corrected chi connectivity index (χ0v) is 15.4. The van der Waals surface area contributed by atoms with Crippen molar-refractivity contribution in [2.75, 3.05) is 6.79 Å². The Morgan fingerprint density at radius 1 is 1.00 bits per heavy atom. The summed E-state index contributed by atoms with van der Waals surface area (Å²) in [6.07, 6.45) is 4.94. The van der Waals surface area contributed by atoms with Crippen molar-refractivity contribution in [3.8, 4) is 11.5 Å². The predicted molar refractivity (Wildman–Crippen MR) is 101 cm³/mol. The largest absolute Gasteiger partial charge is 0.454 e. The molecule has 26 heavy (non-hydrogen) atoms. The van der Waals surface area contributed by atoms with Crippen LogP contribution in [0.2, 0.25) is 5.02 Å². The molecule has 0 spiro atoms. The number of hydrogen-bond acceptors (Lipinski definition) is 3. The van der Waals surface area contributed by atoms with E-state index < -0.39 is 0 Å². The average Bonchev–Trinajstić information content (AvgIpc) is 3.32. The summed E-state index contributed by atoms with van der Waals surface area (Å²) in [5.74, 6) is 1.70. The first-order valence-electron chi connectivity index (χ1n) is 9.11. The molecular weight excluding hydrogens is 350 g/mol. The molecule has 0 atom stereocenters. The van der Waals surface area contributed by atoms with E-state index in [0.717, 1.165) is 35.5 Å². The molecule has 0 radical (unpaired) electrons. The Morgan fingerprint density at radius 3 is 2.46 bits per heavy atom. The maximum absolute atomic E-state index is 13.1. The van der Waals surface area contributed by atoms with Crippen molar-refractivity contribution in [1.82, 2.24) is 4.90 Å². The van der Waals surface area contributed by atoms with Crippen molar-refractivity contribution in [2.24, 2.45) is 0 Å². The van der Waals surface area contributed by atoms with Gasteiger partial charge in [0.05, 0.1) is 6.42 Å². The normalized spacial score (nSPS) is 16.0. The third kappa shape index (κ3) is 3.80. The molecule has 1 saturated carbocycles. The Morgan fingerprint density at radius 2 is 1.69 bits per heavy atom. The zero-order chi connectivity index (χ0) is 17.9. The van der Waals surface area contributed by atoms with Gasteiger partial charge in [-0.1, -0.05) is 42.6 Å². The third-order valence-electron chi connectivity index (χ3n) is 5.14. The van der Waals surface area contributed by atoms with Crippen molar-refractivity contribution in [3.63, 3.8) is 0 Å². The molecule has 0 unspecified atom stereocenters. The molecule has 0 bridgehead atoms. The number of nitrogens with zero attached hydrogens (tertiary/aromatic N) is 1. The van der Waals surface area contributed by atoms with E-state index in [1.165, 1.54) is 12.8 Å². The summed E-state index contributed by atoms with van der Waals surface area (Å²) in [7, 11) is 0. The van der Waals surface area contributed by atoms with Crippen LogP contribution in [0.5, 0.6) is 11.5 Å². The first-order chi connectivity index (χ1) is 12.7. The Bertz CT molecular complexity index is 784. The van der Waals surface area contributed by atoms with Gasteiger partial charge in [-0.3, -0.25) is 4.79 Å². The van der Waals surface area contributed by atoms with E-state index in [9.17, 15) is 4.79 Å². The summed E-state index contributed by atoms with van der Waals surface area (Å²) in [6, 6.07) is 13.8. The monoisotopic (exact) mass is 371 g/mol. The summed E-state index contributed by atoms with van der Waals surface area (Å²) in [6.45, 7) is 0.869. The molecule has 0 aromatic heterocycles. The highest BCUT2D eigenvalue weighted by Gasteiger charge is 2.27. The lowest BCUT2D eigenvalue weighted by molar-refractivity contribution is -0.133. The quantitative estimate of drug-likeness (QED) is 0.772. The van der Waals surface area contributed by atoms with E-state index >= 15 is 0 Å². The number of ether oxygens (including phenoxy) is 2. The standard InChI is InChI=1S/C21H22ClNO3/c22-17-8-5-15(6-9-17)12-21(24)23(18-3-1-2-4-18)13-16-7-10-19-20(11-16)26-14-25-19/h5-11,18H,1-4,12-14H2. The summed E-state index contributed by atoms with van der Waals surface area (Å²) in [5.41, 5.74) is 2.07. The van der Waals surface area contributed by atoms with Crippen LogP contribution in [-0.2, 0) is 17.8 Å². The van der Waals surface area contributed by atoms with Gasteiger partial charge in [-0.05, 0) is 48.2 Å². The summed E-state index contributed by atoms with van der Waals surface area (Å²) in [4.78, 5) is 15.1. The number of halogens is 1. The number of hydrogen-bond donors (Lipinski definition) is 0. The van der Waals surface area contributed by atoms with E-state index in [1.54, 1.807) is 0 Å². The van der Waals surface area contributed by atoms with Gasteiger partial charge in [0.1, 0.15) is 0 Å². The van der Waals surface area contributed by atoms with Gasteiger partial charge in [0.25, 0.3) is 0 Å². The molecule has 0 N–H and O–H groups in total. The number of carbonyl (C=O) groups is 1. The van der Waals surface area contributed by atoms with E-state index in [4.69, 9.17) is 21.1 Å². The van der Waals surface area contributed by atoms with Gasteiger partial charge >= 0.3 is 0 Å². The summed E-state index contributed by atoms with van der Waals surface area (Å²) >= 11 is 5.95. The second-order valence-electron chi connectivity index (χ2n) is 6.95. The molecule has 5 heteroatoms. The van der Waals surface area contributed by atoms with Crippen LogP contribution in [0, 0.1) is 0 Å². The number of rotatable bonds is 5. The topological polar surface area (TPSA) is 38.8 Å². The van der Waals surface area contributed by atoms with Crippen LogP contribution >= 0.6 is 11.6 Å². The second-order valence-corrected chi connectivity index (χ2v) is 7.39. The van der Waals surface area contributed by atoms with Crippen molar-refractivity contribution in [2.45, 2.75) is 44.7 Å². The van der Waals surface area contributed by atoms with Crippen LogP contribution in [0.15, 0.2) is 42.5 Å². The lowest BCUT2D eigenvalue weighted by Gasteiger charge is -2.29. The van der Waals surface area contributed by atoms with Gasteiger partial charge < -0.3 is 14.4 Å². The molecule has 2 aromatic rings. The molecule has 1 fully saturated rings. The fraction of sp³-hybridized carbons (Fsp3) is 0.381. The average molecular weight is 372 g/mol. The minimum atomic E-state index is 0.164. The third-order valence-corrected chi connectivity index (χ3v) is 5.40.